The largest absolute Gasteiger partial charge is 0.362 e. The van der Waals surface area contributed by atoms with E-state index in [1.54, 1.807) is 0 Å². The Hall–Kier alpha value is -1.31. The van der Waals surface area contributed by atoms with Crippen LogP contribution in [0.3, 0.4) is 0 Å². The number of fused-ring (bicyclic) bond motifs is 1. The highest BCUT2D eigenvalue weighted by Gasteiger charge is 2.21. The first-order valence-corrected chi connectivity index (χ1v) is 4.63. The number of anilines is 1. The average Bonchev–Trinajstić information content (AvgIpc) is 2.60. The summed E-state index contributed by atoms with van der Waals surface area (Å²) in [5.41, 5.74) is 2.58. The minimum atomic E-state index is 0.00338. The number of carbonyl (C=O) groups is 1. The minimum absolute atomic E-state index is 0.00338. The zero-order chi connectivity index (χ0) is 9.26. The van der Waals surface area contributed by atoms with Crippen LogP contribution in [-0.4, -0.2) is 18.9 Å². The van der Waals surface area contributed by atoms with E-state index < -0.39 is 0 Å². The van der Waals surface area contributed by atoms with Gasteiger partial charge in [-0.15, -0.1) is 0 Å². The molecule has 0 bridgehead atoms. The van der Waals surface area contributed by atoms with E-state index in [-0.39, 0.29) is 6.04 Å². The van der Waals surface area contributed by atoms with Crippen molar-refractivity contribution < 1.29 is 4.79 Å². The zero-order valence-electron chi connectivity index (χ0n) is 7.73. The quantitative estimate of drug-likeness (QED) is 0.637. The predicted molar refractivity (Wildman–Crippen MR) is 53.0 cm³/mol. The highest BCUT2D eigenvalue weighted by molar-refractivity contribution is 5.69. The Balaban J connectivity index is 2.33. The van der Waals surface area contributed by atoms with Crippen LogP contribution in [0.2, 0.25) is 0 Å². The lowest BCUT2D eigenvalue weighted by molar-refractivity contribution is -0.108. The molecule has 1 aromatic rings. The van der Waals surface area contributed by atoms with Crippen LogP contribution in [0.15, 0.2) is 24.3 Å². The molecular weight excluding hydrogens is 162 g/mol. The third kappa shape index (κ3) is 1.32. The molecule has 0 aromatic heterocycles. The molecule has 0 saturated heterocycles. The molecule has 0 fully saturated rings. The first-order chi connectivity index (χ1) is 6.33. The highest BCUT2D eigenvalue weighted by atomic mass is 16.1. The third-order valence-electron chi connectivity index (χ3n) is 2.61. The molecule has 68 valence electrons. The van der Waals surface area contributed by atoms with Crippen LogP contribution in [0.1, 0.15) is 12.5 Å². The van der Waals surface area contributed by atoms with Gasteiger partial charge in [-0.2, -0.15) is 0 Å². The molecule has 1 aliphatic heterocycles. The molecular formula is C11H13NO. The molecule has 2 rings (SSSR count). The number of benzene rings is 1. The lowest BCUT2D eigenvalue weighted by Gasteiger charge is -2.22. The number of rotatable bonds is 2. The molecule has 1 aliphatic rings. The predicted octanol–water partition coefficient (Wildman–Crippen LogP) is 1.64. The lowest BCUT2D eigenvalue weighted by atomic mass is 10.2. The molecule has 2 heteroatoms. The number of carbonyl (C=O) groups excluding carboxylic acids is 1. The van der Waals surface area contributed by atoms with Gasteiger partial charge in [0.2, 0.25) is 0 Å². The average molecular weight is 175 g/mol. The van der Waals surface area contributed by atoms with Crippen molar-refractivity contribution in [2.45, 2.75) is 19.4 Å². The molecule has 2 nitrogen and oxygen atoms in total. The number of aldehydes is 1. The van der Waals surface area contributed by atoms with Crippen LogP contribution in [0.5, 0.6) is 0 Å². The molecule has 13 heavy (non-hydrogen) atoms. The van der Waals surface area contributed by atoms with Gasteiger partial charge in [0, 0.05) is 12.2 Å². The number of hydrogen-bond donors (Lipinski definition) is 0. The van der Waals surface area contributed by atoms with E-state index in [1.807, 2.05) is 19.1 Å². The molecule has 1 atom stereocenters. The molecule has 0 amide bonds. The van der Waals surface area contributed by atoms with E-state index in [4.69, 9.17) is 0 Å². The SMILES string of the molecule is CC(C=O)N1CCc2ccccc21. The summed E-state index contributed by atoms with van der Waals surface area (Å²) in [7, 11) is 0. The fourth-order valence-corrected chi connectivity index (χ4v) is 1.86. The van der Waals surface area contributed by atoms with Gasteiger partial charge in [0.1, 0.15) is 6.29 Å². The Morgan fingerprint density at radius 3 is 3.00 bits per heavy atom. The van der Waals surface area contributed by atoms with Gasteiger partial charge in [-0.05, 0) is 25.0 Å². The summed E-state index contributed by atoms with van der Waals surface area (Å²) in [5, 5.41) is 0. The maximum atomic E-state index is 10.7. The monoisotopic (exact) mass is 175 g/mol. The van der Waals surface area contributed by atoms with Gasteiger partial charge in [-0.3, -0.25) is 0 Å². The van der Waals surface area contributed by atoms with Crippen LogP contribution >= 0.6 is 0 Å². The van der Waals surface area contributed by atoms with Gasteiger partial charge in [0.15, 0.2) is 0 Å². The summed E-state index contributed by atoms with van der Waals surface area (Å²) < 4.78 is 0. The van der Waals surface area contributed by atoms with Crippen molar-refractivity contribution in [1.82, 2.24) is 0 Å². The molecule has 0 aliphatic carbocycles. The Bertz CT molecular complexity index is 322. The molecule has 0 saturated carbocycles. The third-order valence-corrected chi connectivity index (χ3v) is 2.61. The van der Waals surface area contributed by atoms with E-state index in [1.165, 1.54) is 11.3 Å². The van der Waals surface area contributed by atoms with E-state index in [9.17, 15) is 4.79 Å². The Morgan fingerprint density at radius 1 is 1.46 bits per heavy atom. The van der Waals surface area contributed by atoms with Gasteiger partial charge in [0.25, 0.3) is 0 Å². The van der Waals surface area contributed by atoms with Crippen molar-refractivity contribution in [3.05, 3.63) is 29.8 Å². The van der Waals surface area contributed by atoms with Crippen LogP contribution < -0.4 is 4.90 Å². The fraction of sp³-hybridized carbons (Fsp3) is 0.364. The highest BCUT2D eigenvalue weighted by Crippen LogP contribution is 2.28. The molecule has 0 spiro atoms. The number of para-hydroxylation sites is 1. The summed E-state index contributed by atoms with van der Waals surface area (Å²) in [6.07, 6.45) is 2.07. The first-order valence-electron chi connectivity index (χ1n) is 4.63. The fourth-order valence-electron chi connectivity index (χ4n) is 1.86. The standard InChI is InChI=1S/C11H13NO/c1-9(8-13)12-7-6-10-4-2-3-5-11(10)12/h2-5,8-9H,6-7H2,1H3. The summed E-state index contributed by atoms with van der Waals surface area (Å²) >= 11 is 0. The van der Waals surface area contributed by atoms with E-state index in [2.05, 4.69) is 17.0 Å². The number of hydrogen-bond acceptors (Lipinski definition) is 2. The minimum Gasteiger partial charge on any atom is -0.362 e. The second kappa shape index (κ2) is 3.21. The second-order valence-electron chi connectivity index (χ2n) is 3.45. The van der Waals surface area contributed by atoms with Crippen LogP contribution in [0.4, 0.5) is 5.69 Å². The van der Waals surface area contributed by atoms with E-state index in [0.717, 1.165) is 19.3 Å². The maximum Gasteiger partial charge on any atom is 0.142 e. The number of nitrogens with zero attached hydrogens (tertiary/aromatic N) is 1. The van der Waals surface area contributed by atoms with Gasteiger partial charge >= 0.3 is 0 Å². The second-order valence-corrected chi connectivity index (χ2v) is 3.45. The molecule has 1 unspecified atom stereocenters. The molecule has 1 heterocycles. The zero-order valence-corrected chi connectivity index (χ0v) is 7.73. The van der Waals surface area contributed by atoms with Crippen molar-refractivity contribution >= 4 is 12.0 Å². The van der Waals surface area contributed by atoms with Crippen molar-refractivity contribution in [2.24, 2.45) is 0 Å². The topological polar surface area (TPSA) is 20.3 Å². The molecule has 0 radical (unpaired) electrons. The van der Waals surface area contributed by atoms with Crippen LogP contribution in [0.25, 0.3) is 0 Å². The maximum absolute atomic E-state index is 10.7. The van der Waals surface area contributed by atoms with Crippen molar-refractivity contribution in [1.29, 1.82) is 0 Å². The molecule has 0 N–H and O–H groups in total. The van der Waals surface area contributed by atoms with Gasteiger partial charge in [0.05, 0.1) is 6.04 Å². The van der Waals surface area contributed by atoms with Gasteiger partial charge in [-0.1, -0.05) is 18.2 Å². The van der Waals surface area contributed by atoms with E-state index in [0.29, 0.717) is 0 Å². The van der Waals surface area contributed by atoms with Crippen molar-refractivity contribution in [3.63, 3.8) is 0 Å². The Kier molecular flexibility index (Phi) is 2.05. The lowest BCUT2D eigenvalue weighted by Crippen LogP contribution is -2.32. The normalized spacial score (nSPS) is 16.8. The first kappa shape index (κ1) is 8.30. The smallest absolute Gasteiger partial charge is 0.142 e. The van der Waals surface area contributed by atoms with Crippen molar-refractivity contribution in [2.75, 3.05) is 11.4 Å². The summed E-state index contributed by atoms with van der Waals surface area (Å²) in [6, 6.07) is 8.29. The van der Waals surface area contributed by atoms with Crippen LogP contribution in [0, 0.1) is 0 Å². The summed E-state index contributed by atoms with van der Waals surface area (Å²) in [6.45, 7) is 2.91. The Morgan fingerprint density at radius 2 is 2.23 bits per heavy atom. The molecule has 1 aromatic carbocycles. The summed E-state index contributed by atoms with van der Waals surface area (Å²) in [4.78, 5) is 12.8. The Labute approximate surface area is 78.2 Å². The van der Waals surface area contributed by atoms with Gasteiger partial charge in [-0.25, -0.2) is 0 Å². The van der Waals surface area contributed by atoms with Gasteiger partial charge < -0.3 is 9.69 Å². The van der Waals surface area contributed by atoms with Crippen LogP contribution in [-0.2, 0) is 11.2 Å². The van der Waals surface area contributed by atoms with Crippen molar-refractivity contribution in [3.8, 4) is 0 Å². The summed E-state index contributed by atoms with van der Waals surface area (Å²) in [5.74, 6) is 0. The van der Waals surface area contributed by atoms with E-state index >= 15 is 0 Å².